The number of rotatable bonds is 2. The van der Waals surface area contributed by atoms with E-state index in [2.05, 4.69) is 97.1 Å². The third-order valence-electron chi connectivity index (χ3n) is 6.41. The molecule has 2 nitrogen and oxygen atoms in total. The van der Waals surface area contributed by atoms with Gasteiger partial charge in [0.2, 0.25) is 0 Å². The van der Waals surface area contributed by atoms with Crippen LogP contribution in [0, 0.1) is 0 Å². The summed E-state index contributed by atoms with van der Waals surface area (Å²) < 4.78 is 0.966. The molecule has 0 bridgehead atoms. The Hall–Kier alpha value is -2.62. The van der Waals surface area contributed by atoms with Gasteiger partial charge < -0.3 is 10.2 Å². The zero-order valence-electron chi connectivity index (χ0n) is 18.5. The van der Waals surface area contributed by atoms with Gasteiger partial charge in [-0.2, -0.15) is 0 Å². The quantitative estimate of drug-likeness (QED) is 0.375. The van der Waals surface area contributed by atoms with Crippen LogP contribution in [0.15, 0.2) is 97.1 Å². The summed E-state index contributed by atoms with van der Waals surface area (Å²) in [6.45, 7) is 0. The van der Waals surface area contributed by atoms with E-state index in [9.17, 15) is 0 Å². The molecule has 4 aromatic rings. The number of fused-ring (bicyclic) bond motifs is 6. The summed E-state index contributed by atoms with van der Waals surface area (Å²) >= 11 is -1.85. The van der Waals surface area contributed by atoms with Crippen molar-refractivity contribution in [3.63, 3.8) is 0 Å². The minimum atomic E-state index is -1.85. The van der Waals surface area contributed by atoms with Crippen molar-refractivity contribution in [1.82, 2.24) is 0 Å². The van der Waals surface area contributed by atoms with E-state index in [4.69, 9.17) is 15.0 Å². The van der Waals surface area contributed by atoms with Crippen molar-refractivity contribution in [2.75, 3.05) is 14.2 Å². The van der Waals surface area contributed by atoms with E-state index >= 15 is 0 Å². The fourth-order valence-corrected chi connectivity index (χ4v) is 9.86. The molecule has 4 aromatic carbocycles. The number of aliphatic hydroxyl groups excluding tert-OH is 2. The molecular formula is C29H28O2Ti. The van der Waals surface area contributed by atoms with Crippen LogP contribution in [0.5, 0.6) is 0 Å². The molecule has 0 unspecified atom stereocenters. The first kappa shape index (κ1) is 22.6. The molecule has 0 heterocycles. The number of benzene rings is 4. The third kappa shape index (κ3) is 3.54. The van der Waals surface area contributed by atoms with Crippen LogP contribution in [0.25, 0.3) is 22.3 Å². The molecule has 0 aliphatic heterocycles. The van der Waals surface area contributed by atoms with Gasteiger partial charge in [-0.25, -0.2) is 0 Å². The summed E-state index contributed by atoms with van der Waals surface area (Å²) in [4.78, 5) is 4.96. The van der Waals surface area contributed by atoms with Crippen LogP contribution in [-0.4, -0.2) is 29.2 Å². The molecule has 0 amide bonds. The van der Waals surface area contributed by atoms with Gasteiger partial charge in [-0.15, -0.1) is 0 Å². The maximum absolute atomic E-state index is 7.00. The summed E-state index contributed by atoms with van der Waals surface area (Å²) in [5, 5.41) is 14.0. The minimum absolute atomic E-state index is 0.483. The topological polar surface area (TPSA) is 40.5 Å². The van der Waals surface area contributed by atoms with Crippen LogP contribution in [0.3, 0.4) is 0 Å². The van der Waals surface area contributed by atoms with E-state index in [0.29, 0.717) is 8.45 Å². The first-order valence-corrected chi connectivity index (χ1v) is 13.7. The summed E-state index contributed by atoms with van der Waals surface area (Å²) in [6, 6.07) is 36.0. The van der Waals surface area contributed by atoms with Crippen LogP contribution < -0.4 is 0 Å². The molecule has 32 heavy (non-hydrogen) atoms. The fraction of sp³-hybridized carbons (Fsp3) is 0.138. The van der Waals surface area contributed by atoms with E-state index < -0.39 is 17.4 Å². The second-order valence-electron chi connectivity index (χ2n) is 7.79. The Labute approximate surface area is 196 Å². The molecule has 2 aliphatic carbocycles. The van der Waals surface area contributed by atoms with Crippen LogP contribution in [0.4, 0.5) is 0 Å². The molecule has 3 heteroatoms. The molecule has 0 radical (unpaired) electrons. The molecule has 2 aliphatic rings. The Kier molecular flexibility index (Phi) is 6.98. The average molecular weight is 456 g/mol. The van der Waals surface area contributed by atoms with Gasteiger partial charge in [0.05, 0.1) is 0 Å². The molecule has 6 rings (SSSR count). The monoisotopic (exact) mass is 456 g/mol. The first-order chi connectivity index (χ1) is 15.8. The van der Waals surface area contributed by atoms with Gasteiger partial charge in [-0.05, 0) is 0 Å². The normalized spacial score (nSPS) is 12.9. The molecular weight excluding hydrogens is 428 g/mol. The van der Waals surface area contributed by atoms with Gasteiger partial charge in [0.1, 0.15) is 0 Å². The van der Waals surface area contributed by atoms with Crippen molar-refractivity contribution in [2.24, 2.45) is 0 Å². The molecule has 0 saturated carbocycles. The van der Waals surface area contributed by atoms with Crippen LogP contribution in [-0.2, 0) is 17.4 Å². The number of hydrogen-bond acceptors (Lipinski definition) is 2. The molecule has 2 N–H and O–H groups in total. The Morgan fingerprint density at radius 2 is 0.688 bits per heavy atom. The standard InChI is InChI=1S/2C13H9.2CH4O.CH2.Ti/c2*1-3-7-12-10(5-1)9-11-6-2-4-8-13(11)12;2*1-2;;/h2*1-9H;2*2H,1H3;1H2;. The van der Waals surface area contributed by atoms with Crippen LogP contribution in [0.2, 0.25) is 0 Å². The van der Waals surface area contributed by atoms with Crippen molar-refractivity contribution >= 4 is 4.82 Å². The molecule has 0 atom stereocenters. The number of hydrogen-bond donors (Lipinski definition) is 2. The van der Waals surface area contributed by atoms with Gasteiger partial charge in [-0.1, -0.05) is 0 Å². The first-order valence-electron chi connectivity index (χ1n) is 10.8. The van der Waals surface area contributed by atoms with Gasteiger partial charge in [0, 0.05) is 14.2 Å². The Balaban J connectivity index is 0.000000582. The van der Waals surface area contributed by atoms with Crippen LogP contribution >= 0.6 is 0 Å². The van der Waals surface area contributed by atoms with Crippen molar-refractivity contribution in [2.45, 2.75) is 8.45 Å². The molecule has 0 saturated heterocycles. The van der Waals surface area contributed by atoms with Gasteiger partial charge in [-0.3, -0.25) is 0 Å². The molecule has 0 aromatic heterocycles. The van der Waals surface area contributed by atoms with E-state index in [1.165, 1.54) is 44.5 Å². The van der Waals surface area contributed by atoms with Crippen molar-refractivity contribution < 1.29 is 27.6 Å². The summed E-state index contributed by atoms with van der Waals surface area (Å²) in [5.41, 5.74) is 11.6. The predicted molar refractivity (Wildman–Crippen MR) is 131 cm³/mol. The zero-order chi connectivity index (χ0) is 22.7. The Bertz CT molecular complexity index is 1070. The molecule has 0 spiro atoms. The van der Waals surface area contributed by atoms with E-state index in [1.807, 2.05) is 0 Å². The van der Waals surface area contributed by atoms with Crippen molar-refractivity contribution in [3.8, 4) is 22.3 Å². The van der Waals surface area contributed by atoms with Gasteiger partial charge >= 0.3 is 172 Å². The summed E-state index contributed by atoms with van der Waals surface area (Å²) in [6.07, 6.45) is 0. The summed E-state index contributed by atoms with van der Waals surface area (Å²) in [5.74, 6) is 0. The number of aliphatic hydroxyl groups is 2. The maximum atomic E-state index is 7.00. The third-order valence-corrected chi connectivity index (χ3v) is 10.7. The molecule has 160 valence electrons. The fourth-order valence-electron chi connectivity index (χ4n) is 5.28. The second-order valence-corrected chi connectivity index (χ2v) is 11.4. The van der Waals surface area contributed by atoms with Crippen LogP contribution in [0.1, 0.15) is 30.7 Å². The van der Waals surface area contributed by atoms with E-state index in [0.717, 1.165) is 14.2 Å². The van der Waals surface area contributed by atoms with E-state index in [-0.39, 0.29) is 0 Å². The zero-order valence-corrected chi connectivity index (χ0v) is 20.1. The second kappa shape index (κ2) is 9.89. The van der Waals surface area contributed by atoms with Gasteiger partial charge in [0.15, 0.2) is 0 Å². The predicted octanol–water partition coefficient (Wildman–Crippen LogP) is 5.79. The SMILES string of the molecule is CO.CO.[CH2]=[Ti]([CH]1c2ccccc2-c2ccccc21)[CH]1c2ccccc2-c2ccccc21. The van der Waals surface area contributed by atoms with Gasteiger partial charge in [0.25, 0.3) is 0 Å². The van der Waals surface area contributed by atoms with Crippen molar-refractivity contribution in [3.05, 3.63) is 119 Å². The average Bonchev–Trinajstić information content (AvgIpc) is 3.39. The van der Waals surface area contributed by atoms with E-state index in [1.54, 1.807) is 0 Å². The Morgan fingerprint density at radius 1 is 0.469 bits per heavy atom. The molecule has 0 fully saturated rings. The Morgan fingerprint density at radius 3 is 0.938 bits per heavy atom. The summed E-state index contributed by atoms with van der Waals surface area (Å²) in [7, 11) is 2.00. The van der Waals surface area contributed by atoms with Crippen molar-refractivity contribution in [1.29, 1.82) is 0 Å².